The summed E-state index contributed by atoms with van der Waals surface area (Å²) in [5.41, 5.74) is 3.41. The fourth-order valence-corrected chi connectivity index (χ4v) is 1.71. The molecule has 0 radical (unpaired) electrons. The summed E-state index contributed by atoms with van der Waals surface area (Å²) in [5, 5.41) is 3.13. The Hall–Kier alpha value is -1.51. The Morgan fingerprint density at radius 1 is 1.50 bits per heavy atom. The molecular weight excluding hydrogens is 174 g/mol. The molecule has 2 heterocycles. The van der Waals surface area contributed by atoms with Crippen LogP contribution in [0.15, 0.2) is 18.3 Å². The van der Waals surface area contributed by atoms with Crippen LogP contribution in [0, 0.1) is 6.92 Å². The van der Waals surface area contributed by atoms with E-state index < -0.39 is 0 Å². The predicted octanol–water partition coefficient (Wildman–Crippen LogP) is 2.25. The van der Waals surface area contributed by atoms with Gasteiger partial charge in [0.15, 0.2) is 0 Å². The third-order valence-electron chi connectivity index (χ3n) is 2.51. The number of hydrogen-bond acceptors (Lipinski definition) is 2. The van der Waals surface area contributed by atoms with E-state index in [0.29, 0.717) is 0 Å². The van der Waals surface area contributed by atoms with E-state index in [-0.39, 0.29) is 0 Å². The molecule has 0 bridgehead atoms. The van der Waals surface area contributed by atoms with Gasteiger partial charge in [0.05, 0.1) is 11.2 Å². The lowest BCUT2D eigenvalue weighted by atomic mass is 10.3. The SMILES string of the molecule is CCc1nc(C)c2cc(NC)ccn12. The summed E-state index contributed by atoms with van der Waals surface area (Å²) in [4.78, 5) is 4.52. The second-order valence-corrected chi connectivity index (χ2v) is 3.39. The molecule has 0 amide bonds. The monoisotopic (exact) mass is 189 g/mol. The second-order valence-electron chi connectivity index (χ2n) is 3.39. The number of nitrogens with zero attached hydrogens (tertiary/aromatic N) is 2. The van der Waals surface area contributed by atoms with Gasteiger partial charge >= 0.3 is 0 Å². The van der Waals surface area contributed by atoms with E-state index in [4.69, 9.17) is 0 Å². The molecule has 0 atom stereocenters. The average molecular weight is 189 g/mol. The minimum absolute atomic E-state index is 0.966. The van der Waals surface area contributed by atoms with E-state index in [2.05, 4.69) is 40.0 Å². The van der Waals surface area contributed by atoms with Gasteiger partial charge in [-0.2, -0.15) is 0 Å². The molecule has 0 fully saturated rings. The molecular formula is C11H15N3. The maximum atomic E-state index is 4.52. The smallest absolute Gasteiger partial charge is 0.113 e. The van der Waals surface area contributed by atoms with E-state index >= 15 is 0 Å². The zero-order chi connectivity index (χ0) is 10.1. The van der Waals surface area contributed by atoms with Gasteiger partial charge in [-0.3, -0.25) is 0 Å². The highest BCUT2D eigenvalue weighted by molar-refractivity contribution is 5.61. The largest absolute Gasteiger partial charge is 0.388 e. The molecule has 0 aliphatic carbocycles. The van der Waals surface area contributed by atoms with Crippen molar-refractivity contribution in [3.63, 3.8) is 0 Å². The topological polar surface area (TPSA) is 29.3 Å². The summed E-state index contributed by atoms with van der Waals surface area (Å²) < 4.78 is 2.15. The molecule has 3 nitrogen and oxygen atoms in total. The number of nitrogens with one attached hydrogen (secondary N) is 1. The summed E-state index contributed by atoms with van der Waals surface area (Å²) in [7, 11) is 1.93. The summed E-state index contributed by atoms with van der Waals surface area (Å²) in [6.07, 6.45) is 3.04. The molecule has 3 heteroatoms. The fraction of sp³-hybridized carbons (Fsp3) is 0.364. The van der Waals surface area contributed by atoms with Crippen molar-refractivity contribution in [1.29, 1.82) is 0 Å². The number of fused-ring (bicyclic) bond motifs is 1. The van der Waals surface area contributed by atoms with Crippen molar-refractivity contribution in [2.75, 3.05) is 12.4 Å². The highest BCUT2D eigenvalue weighted by Crippen LogP contribution is 2.17. The number of anilines is 1. The molecule has 2 aromatic heterocycles. The fourth-order valence-electron chi connectivity index (χ4n) is 1.71. The van der Waals surface area contributed by atoms with Gasteiger partial charge in [-0.15, -0.1) is 0 Å². The summed E-state index contributed by atoms with van der Waals surface area (Å²) >= 11 is 0. The predicted molar refractivity (Wildman–Crippen MR) is 58.9 cm³/mol. The third kappa shape index (κ3) is 1.25. The van der Waals surface area contributed by atoms with Crippen molar-refractivity contribution in [2.45, 2.75) is 20.3 Å². The number of pyridine rings is 1. The first-order valence-corrected chi connectivity index (χ1v) is 4.91. The van der Waals surface area contributed by atoms with Crippen molar-refractivity contribution >= 4 is 11.2 Å². The second kappa shape index (κ2) is 3.33. The van der Waals surface area contributed by atoms with Gasteiger partial charge in [0, 0.05) is 25.4 Å². The molecule has 74 valence electrons. The van der Waals surface area contributed by atoms with Crippen molar-refractivity contribution in [2.24, 2.45) is 0 Å². The molecule has 0 spiro atoms. The molecule has 0 saturated carbocycles. The van der Waals surface area contributed by atoms with Crippen LogP contribution in [0.25, 0.3) is 5.52 Å². The quantitative estimate of drug-likeness (QED) is 0.785. The van der Waals surface area contributed by atoms with Gasteiger partial charge in [-0.05, 0) is 19.1 Å². The minimum atomic E-state index is 0.966. The zero-order valence-corrected chi connectivity index (χ0v) is 8.83. The van der Waals surface area contributed by atoms with E-state index in [1.807, 2.05) is 14.0 Å². The lowest BCUT2D eigenvalue weighted by Crippen LogP contribution is -1.93. The molecule has 14 heavy (non-hydrogen) atoms. The Balaban J connectivity index is 2.70. The molecule has 0 aliphatic heterocycles. The van der Waals surface area contributed by atoms with E-state index in [0.717, 1.165) is 23.6 Å². The molecule has 2 rings (SSSR count). The van der Waals surface area contributed by atoms with Gasteiger partial charge in [0.1, 0.15) is 5.82 Å². The Labute approximate surface area is 83.8 Å². The molecule has 0 unspecified atom stereocenters. The van der Waals surface area contributed by atoms with Crippen LogP contribution in [0.1, 0.15) is 18.4 Å². The molecule has 0 aliphatic rings. The maximum Gasteiger partial charge on any atom is 0.113 e. The number of aromatic nitrogens is 2. The van der Waals surface area contributed by atoms with Gasteiger partial charge < -0.3 is 9.72 Å². The molecule has 0 aromatic carbocycles. The van der Waals surface area contributed by atoms with Gasteiger partial charge in [-0.25, -0.2) is 4.98 Å². The number of rotatable bonds is 2. The normalized spacial score (nSPS) is 10.8. The average Bonchev–Trinajstić information content (AvgIpc) is 2.55. The standard InChI is InChI=1S/C11H15N3/c1-4-11-13-8(2)10-7-9(12-3)5-6-14(10)11/h5-7,12H,4H2,1-3H3. The Morgan fingerprint density at radius 2 is 2.29 bits per heavy atom. The lowest BCUT2D eigenvalue weighted by molar-refractivity contribution is 0.929. The summed E-state index contributed by atoms with van der Waals surface area (Å²) in [6.45, 7) is 4.17. The van der Waals surface area contributed by atoms with Crippen LogP contribution in [0.4, 0.5) is 5.69 Å². The molecule has 1 N–H and O–H groups in total. The third-order valence-corrected chi connectivity index (χ3v) is 2.51. The highest BCUT2D eigenvalue weighted by Gasteiger charge is 2.05. The van der Waals surface area contributed by atoms with Crippen molar-refractivity contribution in [1.82, 2.24) is 9.38 Å². The van der Waals surface area contributed by atoms with Crippen molar-refractivity contribution < 1.29 is 0 Å². The highest BCUT2D eigenvalue weighted by atomic mass is 15.0. The van der Waals surface area contributed by atoms with Crippen LogP contribution >= 0.6 is 0 Å². The molecule has 0 saturated heterocycles. The number of hydrogen-bond donors (Lipinski definition) is 1. The van der Waals surface area contributed by atoms with Crippen LogP contribution in [-0.2, 0) is 6.42 Å². The van der Waals surface area contributed by atoms with Crippen molar-refractivity contribution in [3.8, 4) is 0 Å². The first-order valence-electron chi connectivity index (χ1n) is 4.91. The van der Waals surface area contributed by atoms with Gasteiger partial charge in [-0.1, -0.05) is 6.92 Å². The summed E-state index contributed by atoms with van der Waals surface area (Å²) in [5.74, 6) is 1.13. The van der Waals surface area contributed by atoms with Crippen LogP contribution in [0.3, 0.4) is 0 Å². The lowest BCUT2D eigenvalue weighted by Gasteiger charge is -2.02. The van der Waals surface area contributed by atoms with E-state index in [1.54, 1.807) is 0 Å². The number of aryl methyl sites for hydroxylation is 2. The van der Waals surface area contributed by atoms with Crippen LogP contribution in [0.5, 0.6) is 0 Å². The van der Waals surface area contributed by atoms with Crippen LogP contribution in [0.2, 0.25) is 0 Å². The first kappa shape index (κ1) is 9.06. The Bertz CT molecular complexity index is 457. The Morgan fingerprint density at radius 3 is 2.93 bits per heavy atom. The van der Waals surface area contributed by atoms with Crippen LogP contribution in [-0.4, -0.2) is 16.4 Å². The van der Waals surface area contributed by atoms with Crippen LogP contribution < -0.4 is 5.32 Å². The van der Waals surface area contributed by atoms with E-state index in [9.17, 15) is 0 Å². The Kier molecular flexibility index (Phi) is 2.15. The van der Waals surface area contributed by atoms with Gasteiger partial charge in [0.2, 0.25) is 0 Å². The first-order chi connectivity index (χ1) is 6.76. The molecule has 2 aromatic rings. The van der Waals surface area contributed by atoms with Crippen molar-refractivity contribution in [3.05, 3.63) is 29.8 Å². The zero-order valence-electron chi connectivity index (χ0n) is 8.83. The summed E-state index contributed by atoms with van der Waals surface area (Å²) in [6, 6.07) is 4.19. The van der Waals surface area contributed by atoms with Gasteiger partial charge in [0.25, 0.3) is 0 Å². The number of imidazole rings is 1. The van der Waals surface area contributed by atoms with E-state index in [1.165, 1.54) is 5.52 Å². The minimum Gasteiger partial charge on any atom is -0.388 e. The maximum absolute atomic E-state index is 4.52.